The van der Waals surface area contributed by atoms with Crippen LogP contribution in [0.1, 0.15) is 23.7 Å². The summed E-state index contributed by atoms with van der Waals surface area (Å²) >= 11 is 6.02. The fraction of sp³-hybridized carbons (Fsp3) is 0.259. The number of aliphatic hydroxyl groups is 1. The number of aromatic nitrogens is 2. The van der Waals surface area contributed by atoms with Gasteiger partial charge < -0.3 is 19.3 Å². The summed E-state index contributed by atoms with van der Waals surface area (Å²) in [5, 5.41) is 11.5. The standard InChI is InChI=1S/C27H26ClN3O3/c1-18-6-2-5-9-25(18)34-17-22(32)16-31-24-8-4-3-7-23(24)29-27(31)19-14-26(33)30(15-19)21-12-10-20(28)11-13-21/h2-13,19,22,32H,14-17H2,1H3/t19-,22+/m0/s1. The molecule has 0 saturated carbocycles. The maximum atomic E-state index is 12.9. The number of amides is 1. The summed E-state index contributed by atoms with van der Waals surface area (Å²) in [5.74, 6) is 1.53. The summed E-state index contributed by atoms with van der Waals surface area (Å²) in [5.41, 5.74) is 3.63. The van der Waals surface area contributed by atoms with Crippen molar-refractivity contribution in [1.29, 1.82) is 0 Å². The Morgan fingerprint density at radius 2 is 1.82 bits per heavy atom. The van der Waals surface area contributed by atoms with Gasteiger partial charge in [-0.3, -0.25) is 4.79 Å². The second kappa shape index (κ2) is 9.49. The summed E-state index contributed by atoms with van der Waals surface area (Å²) in [4.78, 5) is 19.5. The van der Waals surface area contributed by atoms with Gasteiger partial charge in [-0.1, -0.05) is 41.9 Å². The van der Waals surface area contributed by atoms with Gasteiger partial charge in [0.25, 0.3) is 0 Å². The number of carbonyl (C=O) groups excluding carboxylic acids is 1. The molecule has 5 rings (SSSR count). The number of hydrogen-bond acceptors (Lipinski definition) is 4. The lowest BCUT2D eigenvalue weighted by molar-refractivity contribution is -0.117. The van der Waals surface area contributed by atoms with E-state index in [0.717, 1.165) is 33.9 Å². The van der Waals surface area contributed by atoms with E-state index in [4.69, 9.17) is 21.3 Å². The first-order chi connectivity index (χ1) is 16.5. The molecule has 4 aromatic rings. The number of rotatable bonds is 7. The monoisotopic (exact) mass is 475 g/mol. The van der Waals surface area contributed by atoms with E-state index in [0.29, 0.717) is 24.5 Å². The van der Waals surface area contributed by atoms with E-state index in [1.54, 1.807) is 17.0 Å². The molecular formula is C27H26ClN3O3. The van der Waals surface area contributed by atoms with Crippen LogP contribution in [0.25, 0.3) is 11.0 Å². The molecule has 0 radical (unpaired) electrons. The zero-order chi connectivity index (χ0) is 23.7. The minimum absolute atomic E-state index is 0.0503. The second-order valence-electron chi connectivity index (χ2n) is 8.68. The first-order valence-electron chi connectivity index (χ1n) is 11.4. The average Bonchev–Trinajstić information content (AvgIpc) is 3.40. The number of carbonyl (C=O) groups is 1. The molecule has 6 nitrogen and oxygen atoms in total. The number of anilines is 1. The summed E-state index contributed by atoms with van der Waals surface area (Å²) in [6.45, 7) is 3.00. The lowest BCUT2D eigenvalue weighted by atomic mass is 10.1. The van der Waals surface area contributed by atoms with Gasteiger partial charge in [-0.2, -0.15) is 0 Å². The van der Waals surface area contributed by atoms with Gasteiger partial charge in [0.2, 0.25) is 5.91 Å². The van der Waals surface area contributed by atoms with Crippen LogP contribution in [-0.4, -0.2) is 39.8 Å². The average molecular weight is 476 g/mol. The van der Waals surface area contributed by atoms with Crippen LogP contribution in [0, 0.1) is 6.92 Å². The van der Waals surface area contributed by atoms with Crippen molar-refractivity contribution in [3.8, 4) is 5.75 Å². The zero-order valence-corrected chi connectivity index (χ0v) is 19.7. The van der Waals surface area contributed by atoms with Crippen LogP contribution in [0.2, 0.25) is 5.02 Å². The van der Waals surface area contributed by atoms with Crippen molar-refractivity contribution >= 4 is 34.2 Å². The summed E-state index contributed by atoms with van der Waals surface area (Å²) in [6, 6.07) is 22.9. The van der Waals surface area contributed by atoms with Crippen molar-refractivity contribution in [2.45, 2.75) is 31.9 Å². The third-order valence-electron chi connectivity index (χ3n) is 6.23. The van der Waals surface area contributed by atoms with Crippen LogP contribution in [0.15, 0.2) is 72.8 Å². The molecule has 0 bridgehead atoms. The quantitative estimate of drug-likeness (QED) is 0.410. The van der Waals surface area contributed by atoms with Crippen LogP contribution in [0.3, 0.4) is 0 Å². The maximum Gasteiger partial charge on any atom is 0.227 e. The van der Waals surface area contributed by atoms with Crippen molar-refractivity contribution < 1.29 is 14.6 Å². The first-order valence-corrected chi connectivity index (χ1v) is 11.7. The molecule has 1 N–H and O–H groups in total. The van der Waals surface area contributed by atoms with E-state index in [1.165, 1.54) is 0 Å². The highest BCUT2D eigenvalue weighted by Crippen LogP contribution is 2.33. The molecule has 34 heavy (non-hydrogen) atoms. The first kappa shape index (κ1) is 22.4. The predicted molar refractivity (Wildman–Crippen MR) is 134 cm³/mol. The Morgan fingerprint density at radius 3 is 2.62 bits per heavy atom. The van der Waals surface area contributed by atoms with Gasteiger partial charge in [-0.15, -0.1) is 0 Å². The minimum Gasteiger partial charge on any atom is -0.491 e. The Balaban J connectivity index is 1.38. The Labute approximate surface area is 203 Å². The SMILES string of the molecule is Cc1ccccc1OC[C@H](O)Cn1c([C@H]2CC(=O)N(c3ccc(Cl)cc3)C2)nc2ccccc21. The van der Waals surface area contributed by atoms with Crippen molar-refractivity contribution in [3.05, 3.63) is 89.2 Å². The summed E-state index contributed by atoms with van der Waals surface area (Å²) < 4.78 is 7.90. The molecule has 0 unspecified atom stereocenters. The van der Waals surface area contributed by atoms with Crippen LogP contribution in [0.5, 0.6) is 5.75 Å². The molecule has 1 fully saturated rings. The molecule has 174 valence electrons. The minimum atomic E-state index is -0.736. The van der Waals surface area contributed by atoms with Gasteiger partial charge in [-0.05, 0) is 55.0 Å². The number of hydrogen-bond donors (Lipinski definition) is 1. The number of aryl methyl sites for hydroxylation is 1. The number of halogens is 1. The van der Waals surface area contributed by atoms with E-state index in [-0.39, 0.29) is 18.4 Å². The van der Waals surface area contributed by atoms with E-state index in [1.807, 2.05) is 72.2 Å². The highest BCUT2D eigenvalue weighted by Gasteiger charge is 2.35. The Morgan fingerprint density at radius 1 is 1.09 bits per heavy atom. The summed E-state index contributed by atoms with van der Waals surface area (Å²) in [7, 11) is 0. The Kier molecular flexibility index (Phi) is 6.26. The number of para-hydroxylation sites is 3. The number of aliphatic hydroxyl groups excluding tert-OH is 1. The highest BCUT2D eigenvalue weighted by molar-refractivity contribution is 6.30. The fourth-order valence-corrected chi connectivity index (χ4v) is 4.64. The second-order valence-corrected chi connectivity index (χ2v) is 9.12. The molecule has 2 atom stereocenters. The van der Waals surface area contributed by atoms with Gasteiger partial charge in [0.1, 0.15) is 24.3 Å². The largest absolute Gasteiger partial charge is 0.491 e. The predicted octanol–water partition coefficient (Wildman–Crippen LogP) is 4.96. The van der Waals surface area contributed by atoms with E-state index >= 15 is 0 Å². The zero-order valence-electron chi connectivity index (χ0n) is 18.9. The lowest BCUT2D eigenvalue weighted by Crippen LogP contribution is -2.26. The molecule has 1 amide bonds. The smallest absolute Gasteiger partial charge is 0.227 e. The molecule has 1 aliphatic rings. The third kappa shape index (κ3) is 4.52. The van der Waals surface area contributed by atoms with Crippen LogP contribution >= 0.6 is 11.6 Å². The highest BCUT2D eigenvalue weighted by atomic mass is 35.5. The van der Waals surface area contributed by atoms with Crippen LogP contribution in [-0.2, 0) is 11.3 Å². The van der Waals surface area contributed by atoms with Gasteiger partial charge in [0.05, 0.1) is 17.6 Å². The van der Waals surface area contributed by atoms with Crippen LogP contribution < -0.4 is 9.64 Å². The van der Waals surface area contributed by atoms with Crippen molar-refractivity contribution in [2.75, 3.05) is 18.1 Å². The summed E-state index contributed by atoms with van der Waals surface area (Å²) in [6.07, 6.45) is -0.373. The molecule has 1 saturated heterocycles. The molecule has 0 spiro atoms. The molecule has 2 heterocycles. The van der Waals surface area contributed by atoms with Gasteiger partial charge >= 0.3 is 0 Å². The van der Waals surface area contributed by atoms with Gasteiger partial charge in [-0.25, -0.2) is 4.98 Å². The number of imidazole rings is 1. The third-order valence-corrected chi connectivity index (χ3v) is 6.48. The number of nitrogens with zero attached hydrogens (tertiary/aromatic N) is 3. The molecule has 0 aliphatic carbocycles. The van der Waals surface area contributed by atoms with E-state index in [9.17, 15) is 9.90 Å². The molecule has 7 heteroatoms. The molecule has 1 aliphatic heterocycles. The van der Waals surface area contributed by atoms with Crippen molar-refractivity contribution in [3.63, 3.8) is 0 Å². The lowest BCUT2D eigenvalue weighted by Gasteiger charge is -2.19. The Hall–Kier alpha value is -3.35. The number of ether oxygens (including phenoxy) is 1. The van der Waals surface area contributed by atoms with E-state index in [2.05, 4.69) is 0 Å². The molecule has 1 aromatic heterocycles. The fourth-order valence-electron chi connectivity index (χ4n) is 4.52. The normalized spacial score (nSPS) is 16.9. The number of fused-ring (bicyclic) bond motifs is 1. The molecule has 3 aromatic carbocycles. The van der Waals surface area contributed by atoms with Gasteiger partial charge in [0.15, 0.2) is 0 Å². The molecular weight excluding hydrogens is 450 g/mol. The topological polar surface area (TPSA) is 67.6 Å². The van der Waals surface area contributed by atoms with Crippen molar-refractivity contribution in [2.24, 2.45) is 0 Å². The van der Waals surface area contributed by atoms with Crippen molar-refractivity contribution in [1.82, 2.24) is 9.55 Å². The van der Waals surface area contributed by atoms with Gasteiger partial charge in [0, 0.05) is 29.6 Å². The Bertz CT molecular complexity index is 1320. The maximum absolute atomic E-state index is 12.9. The van der Waals surface area contributed by atoms with E-state index < -0.39 is 6.10 Å². The van der Waals surface area contributed by atoms with Crippen LogP contribution in [0.4, 0.5) is 5.69 Å². The number of benzene rings is 3.